The summed E-state index contributed by atoms with van der Waals surface area (Å²) in [5, 5.41) is 12.9. The average Bonchev–Trinajstić information content (AvgIpc) is 2.90. The Balaban J connectivity index is 1.53. The molecule has 1 aliphatic heterocycles. The molecule has 0 unspecified atom stereocenters. The monoisotopic (exact) mass is 285 g/mol. The first-order chi connectivity index (χ1) is 10.3. The van der Waals surface area contributed by atoms with Gasteiger partial charge in [-0.25, -0.2) is 0 Å². The Labute approximate surface area is 125 Å². The highest BCUT2D eigenvalue weighted by Crippen LogP contribution is 2.44. The molecule has 2 aromatic heterocycles. The lowest BCUT2D eigenvalue weighted by Gasteiger charge is -2.44. The number of fused-ring (bicyclic) bond motifs is 1. The van der Waals surface area contributed by atoms with Gasteiger partial charge in [-0.05, 0) is 50.2 Å². The molecule has 0 bridgehead atoms. The highest BCUT2D eigenvalue weighted by atomic mass is 15.4. The Morgan fingerprint density at radius 3 is 2.48 bits per heavy atom. The molecule has 21 heavy (non-hydrogen) atoms. The van der Waals surface area contributed by atoms with Crippen LogP contribution in [0.1, 0.15) is 50.8 Å². The summed E-state index contributed by atoms with van der Waals surface area (Å²) < 4.78 is 1.85. The van der Waals surface area contributed by atoms with E-state index < -0.39 is 0 Å². The first-order valence-corrected chi connectivity index (χ1v) is 8.20. The predicted octanol–water partition coefficient (Wildman–Crippen LogP) is 2.98. The van der Waals surface area contributed by atoms with E-state index in [0.29, 0.717) is 5.41 Å². The fourth-order valence-electron chi connectivity index (χ4n) is 4.07. The van der Waals surface area contributed by atoms with Crippen molar-refractivity contribution >= 4 is 11.5 Å². The molecule has 2 aliphatic rings. The van der Waals surface area contributed by atoms with E-state index in [1.807, 2.05) is 17.5 Å². The molecular weight excluding hydrogens is 262 g/mol. The summed E-state index contributed by atoms with van der Waals surface area (Å²) in [4.78, 5) is 2.43. The van der Waals surface area contributed by atoms with E-state index in [4.69, 9.17) is 5.10 Å². The van der Waals surface area contributed by atoms with Gasteiger partial charge in [-0.1, -0.05) is 19.3 Å². The van der Waals surface area contributed by atoms with Crippen LogP contribution in [-0.4, -0.2) is 32.9 Å². The molecule has 0 aromatic carbocycles. The van der Waals surface area contributed by atoms with Crippen LogP contribution in [0, 0.1) is 12.3 Å². The maximum atomic E-state index is 4.71. The van der Waals surface area contributed by atoms with Gasteiger partial charge >= 0.3 is 0 Å². The van der Waals surface area contributed by atoms with Crippen LogP contribution < -0.4 is 4.90 Å². The Morgan fingerprint density at radius 1 is 0.952 bits per heavy atom. The normalized spacial score (nSPS) is 22.0. The Bertz CT molecular complexity index is 631. The number of rotatable bonds is 1. The third kappa shape index (κ3) is 2.28. The van der Waals surface area contributed by atoms with Gasteiger partial charge in [0.15, 0.2) is 11.5 Å². The highest BCUT2D eigenvalue weighted by molar-refractivity contribution is 5.46. The van der Waals surface area contributed by atoms with Crippen LogP contribution >= 0.6 is 0 Å². The fraction of sp³-hybridized carbons (Fsp3) is 0.688. The molecule has 2 aromatic rings. The van der Waals surface area contributed by atoms with Crippen molar-refractivity contribution in [3.63, 3.8) is 0 Å². The van der Waals surface area contributed by atoms with Gasteiger partial charge < -0.3 is 4.90 Å². The number of hydrogen-bond donors (Lipinski definition) is 0. The van der Waals surface area contributed by atoms with Gasteiger partial charge in [0.05, 0.1) is 0 Å². The smallest absolute Gasteiger partial charge is 0.178 e. The highest BCUT2D eigenvalue weighted by Gasteiger charge is 2.35. The maximum Gasteiger partial charge on any atom is 0.178 e. The summed E-state index contributed by atoms with van der Waals surface area (Å²) in [5.41, 5.74) is 1.47. The topological polar surface area (TPSA) is 46.3 Å². The molecule has 3 heterocycles. The van der Waals surface area contributed by atoms with Crippen molar-refractivity contribution in [3.05, 3.63) is 18.0 Å². The van der Waals surface area contributed by atoms with Gasteiger partial charge in [0.25, 0.3) is 0 Å². The van der Waals surface area contributed by atoms with Crippen molar-refractivity contribution in [2.75, 3.05) is 18.0 Å². The molecule has 0 amide bonds. The number of aromatic nitrogens is 4. The molecule has 0 N–H and O–H groups in total. The van der Waals surface area contributed by atoms with Crippen molar-refractivity contribution in [1.29, 1.82) is 0 Å². The lowest BCUT2D eigenvalue weighted by atomic mass is 9.68. The Hall–Kier alpha value is -1.65. The quantitative estimate of drug-likeness (QED) is 0.808. The van der Waals surface area contributed by atoms with E-state index >= 15 is 0 Å². The summed E-state index contributed by atoms with van der Waals surface area (Å²) in [6, 6.07) is 4.11. The zero-order chi connectivity index (χ0) is 14.3. The standard InChI is InChI=1S/C16H23N5/c1-13-17-18-14-5-6-15(19-21(13)14)20-11-9-16(10-12-20)7-3-2-4-8-16/h5-6H,2-4,7-12H2,1H3. The molecule has 1 saturated heterocycles. The molecule has 0 atom stereocenters. The van der Waals surface area contributed by atoms with Gasteiger partial charge in [-0.2, -0.15) is 4.52 Å². The minimum Gasteiger partial charge on any atom is -0.355 e. The molecular formula is C16H23N5. The Kier molecular flexibility index (Phi) is 3.08. The van der Waals surface area contributed by atoms with Gasteiger partial charge in [-0.3, -0.25) is 0 Å². The van der Waals surface area contributed by atoms with Gasteiger partial charge in [0.1, 0.15) is 5.82 Å². The van der Waals surface area contributed by atoms with Crippen molar-refractivity contribution in [1.82, 2.24) is 19.8 Å². The minimum atomic E-state index is 0.644. The van der Waals surface area contributed by atoms with E-state index in [-0.39, 0.29) is 0 Å². The largest absolute Gasteiger partial charge is 0.355 e. The molecule has 1 aliphatic carbocycles. The first kappa shape index (κ1) is 13.0. The molecule has 5 heteroatoms. The number of hydrogen-bond acceptors (Lipinski definition) is 4. The van der Waals surface area contributed by atoms with Crippen LogP contribution in [0.15, 0.2) is 12.1 Å². The van der Waals surface area contributed by atoms with Crippen molar-refractivity contribution in [2.24, 2.45) is 5.41 Å². The summed E-state index contributed by atoms with van der Waals surface area (Å²) in [6.45, 7) is 4.23. The van der Waals surface area contributed by atoms with Gasteiger partial charge in [-0.15, -0.1) is 15.3 Å². The maximum absolute atomic E-state index is 4.71. The van der Waals surface area contributed by atoms with E-state index in [2.05, 4.69) is 21.2 Å². The van der Waals surface area contributed by atoms with Crippen LogP contribution in [0.5, 0.6) is 0 Å². The molecule has 1 spiro atoms. The number of aryl methyl sites for hydroxylation is 1. The molecule has 2 fully saturated rings. The molecule has 5 nitrogen and oxygen atoms in total. The van der Waals surface area contributed by atoms with E-state index in [9.17, 15) is 0 Å². The first-order valence-electron chi connectivity index (χ1n) is 8.20. The molecule has 0 radical (unpaired) electrons. The second-order valence-electron chi connectivity index (χ2n) is 6.76. The van der Waals surface area contributed by atoms with Gasteiger partial charge in [0, 0.05) is 13.1 Å². The van der Waals surface area contributed by atoms with Crippen molar-refractivity contribution in [3.8, 4) is 0 Å². The molecule has 1 saturated carbocycles. The van der Waals surface area contributed by atoms with E-state index in [1.54, 1.807) is 0 Å². The van der Waals surface area contributed by atoms with Gasteiger partial charge in [0.2, 0.25) is 0 Å². The third-order valence-electron chi connectivity index (χ3n) is 5.47. The number of anilines is 1. The minimum absolute atomic E-state index is 0.644. The van der Waals surface area contributed by atoms with Crippen LogP contribution in [0.25, 0.3) is 5.65 Å². The number of piperidine rings is 1. The molecule has 112 valence electrons. The van der Waals surface area contributed by atoms with E-state index in [1.165, 1.54) is 44.9 Å². The van der Waals surface area contributed by atoms with Crippen molar-refractivity contribution in [2.45, 2.75) is 51.9 Å². The second kappa shape index (κ2) is 4.97. The SMILES string of the molecule is Cc1nnc2ccc(N3CCC4(CCCCC4)CC3)nn12. The van der Waals surface area contributed by atoms with Crippen LogP contribution in [0.3, 0.4) is 0 Å². The molecule has 4 rings (SSSR count). The van der Waals surface area contributed by atoms with Crippen molar-refractivity contribution < 1.29 is 0 Å². The number of nitrogens with zero attached hydrogens (tertiary/aromatic N) is 5. The predicted molar refractivity (Wildman–Crippen MR) is 82.5 cm³/mol. The fourth-order valence-corrected chi connectivity index (χ4v) is 4.07. The summed E-state index contributed by atoms with van der Waals surface area (Å²) in [5.74, 6) is 1.92. The zero-order valence-corrected chi connectivity index (χ0v) is 12.8. The summed E-state index contributed by atoms with van der Waals surface area (Å²) in [6.07, 6.45) is 9.85. The lowest BCUT2D eigenvalue weighted by molar-refractivity contribution is 0.144. The summed E-state index contributed by atoms with van der Waals surface area (Å²) >= 11 is 0. The van der Waals surface area contributed by atoms with E-state index in [0.717, 1.165) is 30.4 Å². The average molecular weight is 285 g/mol. The van der Waals surface area contributed by atoms with Crippen LogP contribution in [-0.2, 0) is 0 Å². The lowest BCUT2D eigenvalue weighted by Crippen LogP contribution is -2.41. The Morgan fingerprint density at radius 2 is 1.71 bits per heavy atom. The summed E-state index contributed by atoms with van der Waals surface area (Å²) in [7, 11) is 0. The van der Waals surface area contributed by atoms with Crippen LogP contribution in [0.4, 0.5) is 5.82 Å². The second-order valence-corrected chi connectivity index (χ2v) is 6.76. The van der Waals surface area contributed by atoms with Crippen LogP contribution in [0.2, 0.25) is 0 Å². The third-order valence-corrected chi connectivity index (χ3v) is 5.47. The zero-order valence-electron chi connectivity index (χ0n) is 12.8.